The second kappa shape index (κ2) is 9.55. The first kappa shape index (κ1) is 27.3. The lowest BCUT2D eigenvalue weighted by atomic mass is 9.97. The largest absolute Gasteiger partial charge is 0.416 e. The molecule has 2 aromatic carbocycles. The summed E-state index contributed by atoms with van der Waals surface area (Å²) in [6, 6.07) is 7.18. The highest BCUT2D eigenvalue weighted by molar-refractivity contribution is 7.91. The molecular weight excluding hydrogens is 522 g/mol. The van der Waals surface area contributed by atoms with E-state index < -0.39 is 34.8 Å². The molecule has 2 heterocycles. The predicted molar refractivity (Wildman–Crippen MR) is 143 cm³/mol. The van der Waals surface area contributed by atoms with Gasteiger partial charge in [-0.15, -0.1) is 0 Å². The minimum Gasteiger partial charge on any atom is -0.363 e. The normalized spacial score (nSPS) is 16.9. The van der Waals surface area contributed by atoms with Gasteiger partial charge in [0.1, 0.15) is 18.8 Å². The van der Waals surface area contributed by atoms with E-state index in [0.29, 0.717) is 45.4 Å². The lowest BCUT2D eigenvalue weighted by molar-refractivity contribution is -0.138. The molecule has 0 bridgehead atoms. The van der Waals surface area contributed by atoms with Crippen LogP contribution in [0.15, 0.2) is 36.4 Å². The fourth-order valence-corrected chi connectivity index (χ4v) is 7.10. The molecule has 6 nitrogen and oxygen atoms in total. The van der Waals surface area contributed by atoms with E-state index in [1.165, 1.54) is 13.0 Å². The van der Waals surface area contributed by atoms with Crippen LogP contribution in [-0.4, -0.2) is 43.2 Å². The van der Waals surface area contributed by atoms with Gasteiger partial charge in [-0.2, -0.15) is 13.2 Å². The molecule has 0 radical (unpaired) electrons. The van der Waals surface area contributed by atoms with E-state index in [0.717, 1.165) is 11.6 Å². The highest BCUT2D eigenvalue weighted by Crippen LogP contribution is 2.41. The van der Waals surface area contributed by atoms with Crippen molar-refractivity contribution in [3.05, 3.63) is 64.5 Å². The summed E-state index contributed by atoms with van der Waals surface area (Å²) in [5.41, 5.74) is 1.98. The number of alkyl halides is 3. The van der Waals surface area contributed by atoms with Crippen molar-refractivity contribution >= 4 is 44.6 Å². The van der Waals surface area contributed by atoms with Gasteiger partial charge < -0.3 is 9.88 Å². The quantitative estimate of drug-likeness (QED) is 0.398. The van der Waals surface area contributed by atoms with Crippen molar-refractivity contribution in [2.75, 3.05) is 30.2 Å². The molecule has 4 rings (SSSR count). The minimum absolute atomic E-state index is 0.00933. The predicted octanol–water partition coefficient (Wildman–Crippen LogP) is 5.89. The summed E-state index contributed by atoms with van der Waals surface area (Å²) in [5, 5.41) is 4.48. The van der Waals surface area contributed by atoms with Gasteiger partial charge in [0.15, 0.2) is 9.84 Å². The lowest BCUT2D eigenvalue weighted by Crippen LogP contribution is -2.19. The summed E-state index contributed by atoms with van der Waals surface area (Å²) in [6.45, 7) is 8.24. The molecule has 1 aliphatic rings. The molecule has 11 heteroatoms. The topological polar surface area (TPSA) is 89.0 Å². The van der Waals surface area contributed by atoms with E-state index in [1.54, 1.807) is 45.4 Å². The minimum atomic E-state index is -4.46. The molecule has 3 aromatic rings. The second-order valence-corrected chi connectivity index (χ2v) is 15.2. The van der Waals surface area contributed by atoms with Gasteiger partial charge in [0.05, 0.1) is 28.6 Å². The number of sulfone groups is 1. The Hall–Kier alpha value is -2.71. The summed E-state index contributed by atoms with van der Waals surface area (Å²) in [4.78, 5) is 9.07. The van der Waals surface area contributed by atoms with Crippen molar-refractivity contribution < 1.29 is 26.2 Å². The smallest absolute Gasteiger partial charge is 0.363 e. The van der Waals surface area contributed by atoms with Crippen LogP contribution in [0.4, 0.5) is 19.0 Å². The van der Waals surface area contributed by atoms with Gasteiger partial charge in [0.2, 0.25) is 0 Å². The van der Waals surface area contributed by atoms with Gasteiger partial charge in [0.25, 0.3) is 0 Å². The van der Waals surface area contributed by atoms with Crippen molar-refractivity contribution in [1.82, 2.24) is 9.97 Å². The summed E-state index contributed by atoms with van der Waals surface area (Å²) in [5.74, 6) is 0.811. The highest BCUT2D eigenvalue weighted by Gasteiger charge is 2.33. The number of rotatable bonds is 5. The number of hydrogen-bond donors (Lipinski definition) is 1. The van der Waals surface area contributed by atoms with Crippen molar-refractivity contribution in [3.8, 4) is 0 Å². The first-order valence-corrected chi connectivity index (χ1v) is 16.2. The molecule has 1 N–H and O–H groups in total. The SMILES string of the molecule is Cc1nc(NC(C)c2cccc(C(F)(F)F)c2C)c2cc(C3=CCS(=O)(=O)CC3)c(P(C)(C)=O)cc2n1. The molecule has 37 heavy (non-hydrogen) atoms. The fraction of sp³-hybridized carbons (Fsp3) is 0.385. The molecule has 0 fully saturated rings. The number of hydrogen-bond acceptors (Lipinski definition) is 6. The van der Waals surface area contributed by atoms with E-state index in [4.69, 9.17) is 0 Å². The van der Waals surface area contributed by atoms with E-state index in [9.17, 15) is 26.2 Å². The van der Waals surface area contributed by atoms with Crippen LogP contribution < -0.4 is 10.6 Å². The zero-order chi connectivity index (χ0) is 27.3. The standard InChI is InChI=1S/C26H29F3N3O3PS/c1-15-19(7-6-8-22(15)26(27,28)29)16(2)30-25-21-13-20(18-9-11-37(34,35)12-10-18)24(36(4,5)33)14-23(21)31-17(3)32-25/h6-9,13-14,16H,10-12H2,1-5H3,(H,30,31,32). The van der Waals surface area contributed by atoms with Crippen LogP contribution in [0.5, 0.6) is 0 Å². The van der Waals surface area contributed by atoms with Gasteiger partial charge >= 0.3 is 6.18 Å². The van der Waals surface area contributed by atoms with Crippen LogP contribution in [0, 0.1) is 13.8 Å². The number of halogens is 3. The van der Waals surface area contributed by atoms with Crippen LogP contribution in [0.1, 0.15) is 47.5 Å². The molecule has 0 aliphatic carbocycles. The molecule has 1 unspecified atom stereocenters. The molecule has 0 saturated carbocycles. The summed E-state index contributed by atoms with van der Waals surface area (Å²) in [7, 11) is -5.93. The number of nitrogens with zero attached hydrogens (tertiary/aromatic N) is 2. The molecule has 0 amide bonds. The third kappa shape index (κ3) is 5.75. The Kier molecular flexibility index (Phi) is 7.05. The van der Waals surface area contributed by atoms with Gasteiger partial charge in [-0.05, 0) is 81.0 Å². The molecule has 1 aliphatic heterocycles. The molecule has 1 aromatic heterocycles. The van der Waals surface area contributed by atoms with E-state index in [-0.39, 0.29) is 17.1 Å². The number of aromatic nitrogens is 2. The van der Waals surface area contributed by atoms with E-state index in [1.807, 2.05) is 6.07 Å². The van der Waals surface area contributed by atoms with E-state index in [2.05, 4.69) is 15.3 Å². The van der Waals surface area contributed by atoms with Crippen LogP contribution in [0.3, 0.4) is 0 Å². The zero-order valence-electron chi connectivity index (χ0n) is 21.3. The maximum Gasteiger partial charge on any atom is 0.416 e. The van der Waals surface area contributed by atoms with Crippen LogP contribution in [0.25, 0.3) is 16.5 Å². The number of allylic oxidation sites excluding steroid dienone is 1. The molecular formula is C26H29F3N3O3PS. The maximum atomic E-state index is 13.5. The molecule has 0 spiro atoms. The summed E-state index contributed by atoms with van der Waals surface area (Å²) in [6.07, 6.45) is -2.50. The summed E-state index contributed by atoms with van der Waals surface area (Å²) >= 11 is 0. The van der Waals surface area contributed by atoms with Crippen LogP contribution in [0.2, 0.25) is 0 Å². The van der Waals surface area contributed by atoms with Gasteiger partial charge in [-0.25, -0.2) is 18.4 Å². The monoisotopic (exact) mass is 551 g/mol. The van der Waals surface area contributed by atoms with Gasteiger partial charge in [-0.1, -0.05) is 18.2 Å². The Bertz CT molecular complexity index is 1580. The molecule has 0 saturated heterocycles. The number of nitrogens with one attached hydrogen (secondary N) is 1. The molecule has 1 atom stereocenters. The number of benzene rings is 2. The van der Waals surface area contributed by atoms with Gasteiger partial charge in [0, 0.05) is 10.7 Å². The second-order valence-electron chi connectivity index (χ2n) is 9.83. The average molecular weight is 552 g/mol. The van der Waals surface area contributed by atoms with Crippen LogP contribution in [-0.2, 0) is 20.6 Å². The highest BCUT2D eigenvalue weighted by atomic mass is 32.2. The number of aryl methyl sites for hydroxylation is 1. The lowest BCUT2D eigenvalue weighted by Gasteiger charge is -2.23. The summed E-state index contributed by atoms with van der Waals surface area (Å²) < 4.78 is 77.6. The van der Waals surface area contributed by atoms with Gasteiger partial charge in [-0.3, -0.25) is 0 Å². The Morgan fingerprint density at radius 3 is 2.41 bits per heavy atom. The third-order valence-corrected chi connectivity index (χ3v) is 9.65. The van der Waals surface area contributed by atoms with Crippen molar-refractivity contribution in [2.24, 2.45) is 0 Å². The Morgan fingerprint density at radius 1 is 1.11 bits per heavy atom. The van der Waals surface area contributed by atoms with Crippen LogP contribution >= 0.6 is 7.14 Å². The Labute approximate surface area is 214 Å². The zero-order valence-corrected chi connectivity index (χ0v) is 23.0. The number of anilines is 1. The maximum absolute atomic E-state index is 13.5. The first-order chi connectivity index (χ1) is 17.1. The van der Waals surface area contributed by atoms with Crippen molar-refractivity contribution in [1.29, 1.82) is 0 Å². The van der Waals surface area contributed by atoms with E-state index >= 15 is 0 Å². The Balaban J connectivity index is 1.86. The first-order valence-electron chi connectivity index (χ1n) is 11.8. The third-order valence-electron chi connectivity index (χ3n) is 6.62. The van der Waals surface area contributed by atoms with Crippen molar-refractivity contribution in [3.63, 3.8) is 0 Å². The molecule has 198 valence electrons. The number of fused-ring (bicyclic) bond motifs is 1. The fourth-order valence-electron chi connectivity index (χ4n) is 4.73. The average Bonchev–Trinajstić information content (AvgIpc) is 2.77. The Morgan fingerprint density at radius 2 is 1.81 bits per heavy atom. The van der Waals surface area contributed by atoms with Crippen molar-refractivity contribution in [2.45, 2.75) is 39.4 Å².